The molecule has 6 heteroatoms. The number of fused-ring (bicyclic) bond motifs is 2. The van der Waals surface area contributed by atoms with E-state index in [1.54, 1.807) is 17.1 Å². The number of aromatic nitrogens is 3. The minimum absolute atomic E-state index is 0.0326. The molecule has 3 aromatic rings. The van der Waals surface area contributed by atoms with Crippen molar-refractivity contribution in [3.63, 3.8) is 0 Å². The highest BCUT2D eigenvalue weighted by Crippen LogP contribution is 2.17. The van der Waals surface area contributed by atoms with Gasteiger partial charge in [0, 0.05) is 37.8 Å². The van der Waals surface area contributed by atoms with Gasteiger partial charge in [-0.3, -0.25) is 9.69 Å². The van der Waals surface area contributed by atoms with E-state index in [1.165, 1.54) is 11.1 Å². The zero-order chi connectivity index (χ0) is 17.9. The van der Waals surface area contributed by atoms with Crippen LogP contribution in [0.4, 0.5) is 0 Å². The van der Waals surface area contributed by atoms with Gasteiger partial charge in [-0.1, -0.05) is 24.3 Å². The minimum atomic E-state index is -0.0326. The lowest BCUT2D eigenvalue weighted by atomic mass is 10.00. The van der Waals surface area contributed by atoms with Gasteiger partial charge >= 0.3 is 0 Å². The normalized spacial score (nSPS) is 14.3. The Balaban J connectivity index is 1.28. The molecule has 1 amide bonds. The van der Waals surface area contributed by atoms with Gasteiger partial charge in [0.2, 0.25) is 5.91 Å². The molecule has 0 aliphatic carbocycles. The van der Waals surface area contributed by atoms with Crippen molar-refractivity contribution in [1.29, 1.82) is 0 Å². The highest BCUT2D eigenvalue weighted by atomic mass is 16.2. The Morgan fingerprint density at radius 2 is 2.08 bits per heavy atom. The standard InChI is InChI=1S/C20H23N5O/c1-15-10-18-12-23-25(20(18)22-11-15)14-19(26)21-7-9-24-8-6-16-4-2-3-5-17(16)13-24/h2-5,10-12H,6-9,13-14H2,1H3,(H,21,26). The first-order chi connectivity index (χ1) is 12.7. The molecule has 0 spiro atoms. The quantitative estimate of drug-likeness (QED) is 0.764. The summed E-state index contributed by atoms with van der Waals surface area (Å²) in [4.78, 5) is 19.0. The topological polar surface area (TPSA) is 63.1 Å². The first-order valence-electron chi connectivity index (χ1n) is 9.03. The molecule has 0 fully saturated rings. The molecule has 26 heavy (non-hydrogen) atoms. The lowest BCUT2D eigenvalue weighted by Gasteiger charge is -2.28. The van der Waals surface area contributed by atoms with Gasteiger partial charge in [-0.25, -0.2) is 9.67 Å². The molecule has 6 nitrogen and oxygen atoms in total. The predicted molar refractivity (Wildman–Crippen MR) is 101 cm³/mol. The van der Waals surface area contributed by atoms with Crippen molar-refractivity contribution in [3.05, 3.63) is 59.4 Å². The molecule has 2 aromatic heterocycles. The monoisotopic (exact) mass is 349 g/mol. The fraction of sp³-hybridized carbons (Fsp3) is 0.350. The first kappa shape index (κ1) is 16.7. The Morgan fingerprint density at radius 3 is 2.96 bits per heavy atom. The summed E-state index contributed by atoms with van der Waals surface area (Å²) < 4.78 is 1.65. The Kier molecular flexibility index (Phi) is 4.67. The number of carbonyl (C=O) groups is 1. The lowest BCUT2D eigenvalue weighted by molar-refractivity contribution is -0.121. The maximum Gasteiger partial charge on any atom is 0.241 e. The van der Waals surface area contributed by atoms with Crippen LogP contribution in [0.1, 0.15) is 16.7 Å². The van der Waals surface area contributed by atoms with Crippen LogP contribution in [0.25, 0.3) is 11.0 Å². The molecule has 0 atom stereocenters. The zero-order valence-electron chi connectivity index (χ0n) is 15.0. The van der Waals surface area contributed by atoms with Crippen LogP contribution in [-0.2, 0) is 24.3 Å². The molecular weight excluding hydrogens is 326 g/mol. The summed E-state index contributed by atoms with van der Waals surface area (Å²) >= 11 is 0. The summed E-state index contributed by atoms with van der Waals surface area (Å²) in [6.45, 7) is 5.70. The largest absolute Gasteiger partial charge is 0.353 e. The summed E-state index contributed by atoms with van der Waals surface area (Å²) in [5, 5.41) is 8.24. The van der Waals surface area contributed by atoms with Gasteiger partial charge in [-0.05, 0) is 36.1 Å². The number of benzene rings is 1. The number of amides is 1. The van der Waals surface area contributed by atoms with E-state index in [0.29, 0.717) is 6.54 Å². The molecule has 1 aliphatic heterocycles. The summed E-state index contributed by atoms with van der Waals surface area (Å²) in [6, 6.07) is 10.6. The van der Waals surface area contributed by atoms with E-state index in [2.05, 4.69) is 44.6 Å². The van der Waals surface area contributed by atoms with Crippen LogP contribution >= 0.6 is 0 Å². The molecule has 0 saturated heterocycles. The van der Waals surface area contributed by atoms with Crippen LogP contribution in [-0.4, -0.2) is 45.2 Å². The molecule has 4 rings (SSSR count). The number of nitrogens with zero attached hydrogens (tertiary/aromatic N) is 4. The van der Waals surface area contributed by atoms with Crippen LogP contribution in [0.2, 0.25) is 0 Å². The summed E-state index contributed by atoms with van der Waals surface area (Å²) in [5.41, 5.74) is 4.68. The van der Waals surface area contributed by atoms with E-state index in [0.717, 1.165) is 42.7 Å². The van der Waals surface area contributed by atoms with Crippen LogP contribution < -0.4 is 5.32 Å². The zero-order valence-corrected chi connectivity index (χ0v) is 15.0. The van der Waals surface area contributed by atoms with Gasteiger partial charge in [0.05, 0.1) is 6.20 Å². The van der Waals surface area contributed by atoms with Crippen molar-refractivity contribution in [3.8, 4) is 0 Å². The van der Waals surface area contributed by atoms with E-state index < -0.39 is 0 Å². The summed E-state index contributed by atoms with van der Waals surface area (Å²) in [7, 11) is 0. The molecule has 3 heterocycles. The van der Waals surface area contributed by atoms with Crippen molar-refractivity contribution in [1.82, 2.24) is 25.0 Å². The molecule has 1 aliphatic rings. The molecule has 0 saturated carbocycles. The number of pyridine rings is 1. The second kappa shape index (κ2) is 7.25. The fourth-order valence-electron chi connectivity index (χ4n) is 3.49. The van der Waals surface area contributed by atoms with Crippen LogP contribution in [0.15, 0.2) is 42.7 Å². The van der Waals surface area contributed by atoms with Crippen molar-refractivity contribution >= 4 is 16.9 Å². The molecule has 0 unspecified atom stereocenters. The van der Waals surface area contributed by atoms with E-state index in [-0.39, 0.29) is 12.5 Å². The van der Waals surface area contributed by atoms with Gasteiger partial charge in [0.15, 0.2) is 5.65 Å². The van der Waals surface area contributed by atoms with E-state index in [9.17, 15) is 4.79 Å². The average Bonchev–Trinajstić information content (AvgIpc) is 3.03. The molecule has 1 aromatic carbocycles. The SMILES string of the molecule is Cc1cnc2c(cnn2CC(=O)NCCN2CCc3ccccc3C2)c1. The van der Waals surface area contributed by atoms with Gasteiger partial charge in [0.25, 0.3) is 0 Å². The third-order valence-electron chi connectivity index (χ3n) is 4.87. The van der Waals surface area contributed by atoms with Gasteiger partial charge in [-0.2, -0.15) is 5.10 Å². The highest BCUT2D eigenvalue weighted by molar-refractivity contribution is 5.79. The molecule has 0 bridgehead atoms. The van der Waals surface area contributed by atoms with Crippen molar-refractivity contribution in [2.45, 2.75) is 26.4 Å². The number of aryl methyl sites for hydroxylation is 1. The van der Waals surface area contributed by atoms with Crippen LogP contribution in [0, 0.1) is 6.92 Å². The Hall–Kier alpha value is -2.73. The average molecular weight is 349 g/mol. The highest BCUT2D eigenvalue weighted by Gasteiger charge is 2.15. The van der Waals surface area contributed by atoms with Crippen molar-refractivity contribution in [2.75, 3.05) is 19.6 Å². The molecular formula is C20H23N5O. The minimum Gasteiger partial charge on any atom is -0.353 e. The van der Waals surface area contributed by atoms with Gasteiger partial charge < -0.3 is 5.32 Å². The maximum absolute atomic E-state index is 12.2. The van der Waals surface area contributed by atoms with E-state index in [1.807, 2.05) is 13.0 Å². The maximum atomic E-state index is 12.2. The van der Waals surface area contributed by atoms with Crippen molar-refractivity contribution in [2.24, 2.45) is 0 Å². The van der Waals surface area contributed by atoms with Crippen LogP contribution in [0.5, 0.6) is 0 Å². The number of carbonyl (C=O) groups excluding carboxylic acids is 1. The Morgan fingerprint density at radius 1 is 1.23 bits per heavy atom. The Labute approximate surface area is 152 Å². The second-order valence-electron chi connectivity index (χ2n) is 6.87. The number of hydrogen-bond donors (Lipinski definition) is 1. The Bertz CT molecular complexity index is 933. The smallest absolute Gasteiger partial charge is 0.241 e. The predicted octanol–water partition coefficient (Wildman–Crippen LogP) is 1.91. The third-order valence-corrected chi connectivity index (χ3v) is 4.87. The fourth-order valence-corrected chi connectivity index (χ4v) is 3.49. The van der Waals surface area contributed by atoms with Gasteiger partial charge in [0.1, 0.15) is 6.54 Å². The summed E-state index contributed by atoms with van der Waals surface area (Å²) in [6.07, 6.45) is 4.63. The number of nitrogens with one attached hydrogen (secondary N) is 1. The number of hydrogen-bond acceptors (Lipinski definition) is 4. The van der Waals surface area contributed by atoms with Gasteiger partial charge in [-0.15, -0.1) is 0 Å². The summed E-state index contributed by atoms with van der Waals surface area (Å²) in [5.74, 6) is -0.0326. The van der Waals surface area contributed by atoms with Crippen LogP contribution in [0.3, 0.4) is 0 Å². The molecule has 0 radical (unpaired) electrons. The van der Waals surface area contributed by atoms with E-state index >= 15 is 0 Å². The molecule has 1 N–H and O–H groups in total. The van der Waals surface area contributed by atoms with E-state index in [4.69, 9.17) is 0 Å². The van der Waals surface area contributed by atoms with Crippen molar-refractivity contribution < 1.29 is 4.79 Å². The number of rotatable bonds is 5. The second-order valence-corrected chi connectivity index (χ2v) is 6.87. The third kappa shape index (κ3) is 3.60. The first-order valence-corrected chi connectivity index (χ1v) is 9.03. The lowest BCUT2D eigenvalue weighted by Crippen LogP contribution is -2.38. The molecule has 134 valence electrons.